The minimum atomic E-state index is -5.95. The van der Waals surface area contributed by atoms with Gasteiger partial charge in [-0.05, 0) is 19.8 Å². The highest BCUT2D eigenvalue weighted by atomic mass is 32.2. The number of carbonyl (C=O) groups is 3. The van der Waals surface area contributed by atoms with Gasteiger partial charge in [0.15, 0.2) is 29.1 Å². The van der Waals surface area contributed by atoms with E-state index >= 15 is 0 Å². The summed E-state index contributed by atoms with van der Waals surface area (Å²) < 4.78 is 71.8. The van der Waals surface area contributed by atoms with Crippen molar-refractivity contribution in [1.29, 1.82) is 0 Å². The number of phosphoric ester groups is 3. The number of thioether (sulfide) groups is 1. The van der Waals surface area contributed by atoms with Gasteiger partial charge < -0.3 is 93.8 Å². The standard InChI is InChI=1S/C37H64N7O22P3S/c1-21-23(46)16-24(47)36(63-21)60-13-8-6-4-5-7-9-22(45)15-27(49)70-14-12-39-26(48)10-11-40-34(52)31(51)37(2,3)18-62-69(58,59)66-68(56,57)61-17-25-30(65-67(53,54)55)29(50)35(64-25)44-20-43-28-32(38)41-19-42-33(28)44/h19-25,29-31,35-36,45-47,50-51H,4-18H2,1-3H3,(H,39,48)(H,40,52)(H,56,57)(H,58,59)(H2,38,41,42)(H2,53,54,55)/p-4/t21-,22+,23+,24+,25+,29+,30+,31-,35+,36+/m0/s1. The first-order chi connectivity index (χ1) is 32.7. The third-order valence-corrected chi connectivity index (χ3v) is 14.7. The van der Waals surface area contributed by atoms with Crippen LogP contribution in [0.2, 0.25) is 0 Å². The summed E-state index contributed by atoms with van der Waals surface area (Å²) in [6.07, 6.45) is -6.72. The second kappa shape index (κ2) is 27.1. The molecule has 0 spiro atoms. The van der Waals surface area contributed by atoms with Crippen molar-refractivity contribution in [2.45, 2.75) is 140 Å². The van der Waals surface area contributed by atoms with Crippen molar-refractivity contribution in [3.8, 4) is 0 Å². The lowest BCUT2D eigenvalue weighted by Crippen LogP contribution is -2.47. The number of amides is 2. The number of fused-ring (bicyclic) bond motifs is 1. The predicted molar refractivity (Wildman–Crippen MR) is 233 cm³/mol. The number of nitrogens with two attached hydrogens (primary N) is 1. The Kier molecular flexibility index (Phi) is 23.2. The number of aliphatic hydroxyl groups excluding tert-OH is 5. The van der Waals surface area contributed by atoms with Gasteiger partial charge in [-0.15, -0.1) is 0 Å². The molecule has 70 heavy (non-hydrogen) atoms. The van der Waals surface area contributed by atoms with Crippen molar-refractivity contribution in [1.82, 2.24) is 30.2 Å². The molecule has 9 N–H and O–H groups in total. The van der Waals surface area contributed by atoms with Crippen molar-refractivity contribution in [2.24, 2.45) is 5.41 Å². The number of carbonyl (C=O) groups excluding carboxylic acids is 3. The average molecular weight is 1080 g/mol. The second-order valence-electron chi connectivity index (χ2n) is 17.1. The van der Waals surface area contributed by atoms with Gasteiger partial charge in [0, 0.05) is 50.1 Å². The van der Waals surface area contributed by atoms with E-state index < -0.39 is 115 Å². The van der Waals surface area contributed by atoms with Gasteiger partial charge in [0.25, 0.3) is 15.6 Å². The number of imidazole rings is 1. The molecular weight excluding hydrogens is 1020 g/mol. The van der Waals surface area contributed by atoms with Gasteiger partial charge in [-0.3, -0.25) is 28.1 Å². The number of hydrogen-bond acceptors (Lipinski definition) is 27. The van der Waals surface area contributed by atoms with Crippen molar-refractivity contribution in [3.63, 3.8) is 0 Å². The lowest BCUT2D eigenvalue weighted by Gasteiger charge is -2.36. The maximum atomic E-state index is 12.6. The summed E-state index contributed by atoms with van der Waals surface area (Å²) in [5.74, 6) is -1.44. The zero-order valence-corrected chi connectivity index (χ0v) is 41.8. The molecule has 0 radical (unpaired) electrons. The van der Waals surface area contributed by atoms with Gasteiger partial charge in [0.1, 0.15) is 42.4 Å². The van der Waals surface area contributed by atoms with Crippen LogP contribution in [0, 0.1) is 5.41 Å². The van der Waals surface area contributed by atoms with Crippen LogP contribution in [0.5, 0.6) is 0 Å². The Morgan fingerprint density at radius 2 is 1.64 bits per heavy atom. The molecule has 2 aromatic rings. The lowest BCUT2D eigenvalue weighted by molar-refractivity contribution is -0.347. The highest BCUT2D eigenvalue weighted by Gasteiger charge is 2.47. The number of aromatic nitrogens is 4. The minimum Gasteiger partial charge on any atom is -0.790 e. The largest absolute Gasteiger partial charge is 0.790 e. The molecule has 4 heterocycles. The lowest BCUT2D eigenvalue weighted by atomic mass is 9.87. The molecule has 29 nitrogen and oxygen atoms in total. The van der Waals surface area contributed by atoms with Gasteiger partial charge in [-0.25, -0.2) is 19.3 Å². The number of ether oxygens (including phenoxy) is 3. The first-order valence-electron chi connectivity index (χ1n) is 22.0. The topological polar surface area (TPSA) is 454 Å². The highest BCUT2D eigenvalue weighted by molar-refractivity contribution is 8.13. The summed E-state index contributed by atoms with van der Waals surface area (Å²) in [5.41, 5.74) is 4.02. The first kappa shape index (κ1) is 59.9. The molecular formula is C37H60N7O22P3S-4. The van der Waals surface area contributed by atoms with Gasteiger partial charge in [0.2, 0.25) is 11.8 Å². The van der Waals surface area contributed by atoms with Crippen molar-refractivity contribution in [2.75, 3.05) is 44.4 Å². The quantitative estimate of drug-likeness (QED) is 0.0287. The van der Waals surface area contributed by atoms with E-state index in [1.165, 1.54) is 13.8 Å². The number of phosphoric acid groups is 3. The molecule has 2 fully saturated rings. The molecule has 2 saturated heterocycles. The first-order valence-corrected chi connectivity index (χ1v) is 27.3. The number of hydrogen-bond donors (Lipinski definition) is 8. The summed E-state index contributed by atoms with van der Waals surface area (Å²) >= 11 is 0.936. The number of anilines is 1. The molecule has 2 aromatic heterocycles. The number of aliphatic hydroxyl groups is 5. The molecule has 2 aliphatic rings. The monoisotopic (exact) mass is 1080 g/mol. The molecule has 2 unspecified atom stereocenters. The normalized spacial score (nSPS) is 25.8. The third kappa shape index (κ3) is 19.3. The highest BCUT2D eigenvalue weighted by Crippen LogP contribution is 2.56. The fourth-order valence-electron chi connectivity index (χ4n) is 6.93. The van der Waals surface area contributed by atoms with E-state index in [1.54, 1.807) is 6.92 Å². The zero-order valence-electron chi connectivity index (χ0n) is 38.3. The third-order valence-electron chi connectivity index (χ3n) is 10.8. The molecule has 4 rings (SSSR count). The van der Waals surface area contributed by atoms with Gasteiger partial charge in [-0.1, -0.05) is 51.3 Å². The summed E-state index contributed by atoms with van der Waals surface area (Å²) in [6, 6.07) is 0. The van der Waals surface area contributed by atoms with Crippen molar-refractivity contribution in [3.05, 3.63) is 12.7 Å². The Morgan fingerprint density at radius 3 is 2.36 bits per heavy atom. The fourth-order valence-corrected chi connectivity index (χ4v) is 10.4. The maximum absolute atomic E-state index is 12.6. The molecule has 33 heteroatoms. The average Bonchev–Trinajstić information content (AvgIpc) is 3.83. The number of unbranched alkanes of at least 4 members (excludes halogenated alkanes) is 4. The Balaban J connectivity index is 1.08. The van der Waals surface area contributed by atoms with Crippen LogP contribution >= 0.6 is 35.2 Å². The number of rotatable bonds is 30. The van der Waals surface area contributed by atoms with Crippen LogP contribution in [0.25, 0.3) is 11.2 Å². The van der Waals surface area contributed by atoms with Crippen LogP contribution < -0.4 is 35.9 Å². The Morgan fingerprint density at radius 1 is 0.957 bits per heavy atom. The molecule has 0 aliphatic carbocycles. The second-order valence-corrected chi connectivity index (χ2v) is 22.3. The Hall–Kier alpha value is -2.64. The van der Waals surface area contributed by atoms with Crippen molar-refractivity contribution < 1.29 is 105 Å². The minimum absolute atomic E-state index is 0.0323. The number of nitrogen functional groups attached to an aromatic ring is 1. The summed E-state index contributed by atoms with van der Waals surface area (Å²) in [5, 5.41) is 56.0. The van der Waals surface area contributed by atoms with Crippen LogP contribution in [0.3, 0.4) is 0 Å². The molecule has 0 bridgehead atoms. The van der Waals surface area contributed by atoms with Gasteiger partial charge in [0.05, 0.1) is 45.7 Å². The van der Waals surface area contributed by atoms with E-state index in [1.807, 2.05) is 0 Å². The van der Waals surface area contributed by atoms with E-state index in [9.17, 15) is 73.2 Å². The van der Waals surface area contributed by atoms with Crippen LogP contribution in [-0.4, -0.2) is 156 Å². The smallest absolute Gasteiger partial charge is 0.274 e. The summed E-state index contributed by atoms with van der Waals surface area (Å²) in [7, 11) is -17.7. The van der Waals surface area contributed by atoms with E-state index in [0.717, 1.165) is 54.7 Å². The van der Waals surface area contributed by atoms with Crippen LogP contribution in [0.4, 0.5) is 5.82 Å². The maximum Gasteiger partial charge on any atom is 0.274 e. The number of nitrogens with one attached hydrogen (secondary N) is 2. The summed E-state index contributed by atoms with van der Waals surface area (Å²) in [6.45, 7) is 1.99. The van der Waals surface area contributed by atoms with Crippen LogP contribution in [-0.2, 0) is 60.2 Å². The SMILES string of the molecule is C[C@@H]1O[C@@H](OCCCCCCC[C@@H](O)CC(=O)SCCNC(=O)CCNC(=O)[C@H](O)C(C)(C)COP(=O)([O-])OP(=O)([O-])OC[C@H]2O[C@@H](n3cnc4c(N)ncnc43)[C@H](O)[C@@H]2OP(=O)([O-])[O-])[C@H](O)C[C@H]1O. The molecule has 2 aliphatic heterocycles. The predicted octanol–water partition coefficient (Wildman–Crippen LogP) is -2.90. The van der Waals surface area contributed by atoms with E-state index in [4.69, 9.17) is 19.9 Å². The van der Waals surface area contributed by atoms with Crippen LogP contribution in [0.15, 0.2) is 12.7 Å². The molecule has 0 aromatic carbocycles. The van der Waals surface area contributed by atoms with Gasteiger partial charge >= 0.3 is 0 Å². The number of nitrogens with zero attached hydrogens (tertiary/aromatic N) is 4. The Bertz CT molecular complexity index is 2180. The van der Waals surface area contributed by atoms with Crippen molar-refractivity contribution >= 4 is 69.1 Å². The van der Waals surface area contributed by atoms with Gasteiger partial charge in [-0.2, -0.15) is 0 Å². The Labute approximate surface area is 405 Å². The zero-order chi connectivity index (χ0) is 52.0. The molecule has 400 valence electrons. The molecule has 0 saturated carbocycles. The van der Waals surface area contributed by atoms with E-state index in [-0.39, 0.29) is 60.2 Å². The summed E-state index contributed by atoms with van der Waals surface area (Å²) in [4.78, 5) is 96.9. The van der Waals surface area contributed by atoms with E-state index in [2.05, 4.69) is 43.5 Å². The van der Waals surface area contributed by atoms with Crippen LogP contribution in [0.1, 0.15) is 84.8 Å². The van der Waals surface area contributed by atoms with E-state index in [0.29, 0.717) is 19.4 Å². The molecule has 2 amide bonds. The molecule has 12 atom stereocenters. The fraction of sp³-hybridized carbons (Fsp3) is 0.784.